The Morgan fingerprint density at radius 2 is 1.92 bits per heavy atom. The van der Waals surface area contributed by atoms with Crippen molar-refractivity contribution in [2.75, 3.05) is 38.7 Å². The van der Waals surface area contributed by atoms with Crippen LogP contribution in [0, 0.1) is 0 Å². The lowest BCUT2D eigenvalue weighted by atomic mass is 10.0. The lowest BCUT2D eigenvalue weighted by Gasteiger charge is -2.32. The van der Waals surface area contributed by atoms with E-state index >= 15 is 0 Å². The molecule has 1 amide bonds. The van der Waals surface area contributed by atoms with Gasteiger partial charge in [0.05, 0.1) is 50.7 Å². The van der Waals surface area contributed by atoms with Gasteiger partial charge >= 0.3 is 0 Å². The van der Waals surface area contributed by atoms with Gasteiger partial charge in [0.2, 0.25) is 5.91 Å². The van der Waals surface area contributed by atoms with Crippen LogP contribution in [0.3, 0.4) is 0 Å². The van der Waals surface area contributed by atoms with Crippen LogP contribution in [0.15, 0.2) is 0 Å². The lowest BCUT2D eigenvalue weighted by molar-refractivity contribution is -0.889. The Kier molecular flexibility index (Phi) is 6.46. The predicted molar refractivity (Wildman–Crippen MR) is 91.9 cm³/mol. The van der Waals surface area contributed by atoms with E-state index in [1.807, 2.05) is 14.1 Å². The van der Waals surface area contributed by atoms with Gasteiger partial charge in [0.1, 0.15) is 5.25 Å². The third kappa shape index (κ3) is 5.98. The number of carbonyl (C=O) groups excluding carboxylic acids is 1. The normalized spacial score (nSPS) is 27.1. The fourth-order valence-electron chi connectivity index (χ4n) is 3.04. The molecule has 0 aromatic carbocycles. The number of quaternary nitrogens is 1. The van der Waals surface area contributed by atoms with Gasteiger partial charge in [-0.05, 0) is 13.3 Å². The molecular formula is C14H29N2O6S2+. The minimum absolute atomic E-state index is 0.157. The van der Waals surface area contributed by atoms with Crippen molar-refractivity contribution in [2.45, 2.75) is 43.9 Å². The number of unbranched alkanes of at least 4 members (excludes halogenated alkanes) is 1. The highest BCUT2D eigenvalue weighted by atomic mass is 32.2. The topological polar surface area (TPSA) is 118 Å². The zero-order chi connectivity index (χ0) is 18.8. The molecule has 2 atom stereocenters. The number of nitrogens with zero attached hydrogens (tertiary/aromatic N) is 1. The predicted octanol–water partition coefficient (Wildman–Crippen LogP) is -0.187. The zero-order valence-corrected chi connectivity index (χ0v) is 16.4. The molecule has 1 rings (SSSR count). The van der Waals surface area contributed by atoms with Crippen LogP contribution in [0.25, 0.3) is 0 Å². The second-order valence-electron chi connectivity index (χ2n) is 7.51. The fourth-order valence-corrected chi connectivity index (χ4v) is 7.39. The molecule has 142 valence electrons. The maximum Gasteiger partial charge on any atom is 0.271 e. The first-order valence-corrected chi connectivity index (χ1v) is 11.3. The summed E-state index contributed by atoms with van der Waals surface area (Å²) in [5.41, 5.74) is -1.51. The lowest BCUT2D eigenvalue weighted by Crippen LogP contribution is -2.57. The molecule has 2 N–H and O–H groups in total. The molecule has 1 fully saturated rings. The average Bonchev–Trinajstić information content (AvgIpc) is 2.64. The second kappa shape index (κ2) is 7.27. The smallest absolute Gasteiger partial charge is 0.271 e. The quantitative estimate of drug-likeness (QED) is 0.442. The van der Waals surface area contributed by atoms with Crippen LogP contribution in [-0.4, -0.2) is 81.3 Å². The molecule has 1 heterocycles. The third-order valence-corrected chi connectivity index (χ3v) is 7.98. The standard InChI is InChI=1S/C14H28N2O6S2/c1-5-6-8-16(3,4)9-7-13(17)15-14(2)11-23(18,19)10-12(14)24(20,21)22/h12H,5-11H2,1-4H3,(H-,15,17,20,21,22)/p+1. The van der Waals surface area contributed by atoms with E-state index < -0.39 is 48.2 Å². The highest BCUT2D eigenvalue weighted by Crippen LogP contribution is 2.29. The molecule has 1 aliphatic rings. The summed E-state index contributed by atoms with van der Waals surface area (Å²) in [6, 6.07) is 0. The maximum absolute atomic E-state index is 12.2. The van der Waals surface area contributed by atoms with Crippen molar-refractivity contribution in [3.63, 3.8) is 0 Å². The first-order chi connectivity index (χ1) is 10.7. The molecule has 0 aromatic heterocycles. The largest absolute Gasteiger partial charge is 0.348 e. The van der Waals surface area contributed by atoms with E-state index in [1.165, 1.54) is 6.92 Å². The van der Waals surface area contributed by atoms with E-state index in [9.17, 15) is 26.2 Å². The van der Waals surface area contributed by atoms with E-state index in [-0.39, 0.29) is 6.42 Å². The van der Waals surface area contributed by atoms with Crippen molar-refractivity contribution in [1.29, 1.82) is 0 Å². The Morgan fingerprint density at radius 1 is 1.33 bits per heavy atom. The summed E-state index contributed by atoms with van der Waals surface area (Å²) in [4.78, 5) is 12.2. The Balaban J connectivity index is 2.77. The summed E-state index contributed by atoms with van der Waals surface area (Å²) in [5.74, 6) is -1.59. The average molecular weight is 386 g/mol. The Hall–Kier alpha value is -0.710. The molecule has 0 aromatic rings. The first kappa shape index (κ1) is 21.3. The molecule has 0 bridgehead atoms. The van der Waals surface area contributed by atoms with Crippen molar-refractivity contribution in [2.24, 2.45) is 0 Å². The van der Waals surface area contributed by atoms with Gasteiger partial charge < -0.3 is 9.80 Å². The van der Waals surface area contributed by atoms with Gasteiger partial charge in [-0.1, -0.05) is 13.3 Å². The molecule has 0 aliphatic carbocycles. The van der Waals surface area contributed by atoms with E-state index in [0.29, 0.717) is 11.0 Å². The Morgan fingerprint density at radius 3 is 2.42 bits per heavy atom. The van der Waals surface area contributed by atoms with Gasteiger partial charge in [-0.3, -0.25) is 9.35 Å². The number of amides is 1. The second-order valence-corrected chi connectivity index (χ2v) is 11.2. The van der Waals surface area contributed by atoms with Crippen LogP contribution in [0.5, 0.6) is 0 Å². The van der Waals surface area contributed by atoms with Crippen molar-refractivity contribution >= 4 is 25.9 Å². The summed E-state index contributed by atoms with van der Waals surface area (Å²) in [5, 5.41) is 0.989. The van der Waals surface area contributed by atoms with Gasteiger partial charge in [0.25, 0.3) is 10.1 Å². The number of nitrogens with one attached hydrogen (secondary N) is 1. The van der Waals surface area contributed by atoms with Crippen LogP contribution in [0.2, 0.25) is 0 Å². The van der Waals surface area contributed by atoms with Crippen LogP contribution < -0.4 is 5.32 Å². The molecule has 1 aliphatic heterocycles. The summed E-state index contributed by atoms with van der Waals surface area (Å²) < 4.78 is 56.5. The van der Waals surface area contributed by atoms with E-state index in [1.54, 1.807) is 0 Å². The van der Waals surface area contributed by atoms with Gasteiger partial charge in [-0.2, -0.15) is 8.42 Å². The van der Waals surface area contributed by atoms with Crippen molar-refractivity contribution < 1.29 is 30.7 Å². The molecule has 0 radical (unpaired) electrons. The number of sulfone groups is 1. The molecule has 0 saturated carbocycles. The summed E-state index contributed by atoms with van der Waals surface area (Å²) >= 11 is 0. The van der Waals surface area contributed by atoms with Crippen LogP contribution in [0.4, 0.5) is 0 Å². The number of hydrogen-bond acceptors (Lipinski definition) is 5. The molecule has 10 heteroatoms. The molecule has 0 spiro atoms. The van der Waals surface area contributed by atoms with Crippen molar-refractivity contribution in [3.8, 4) is 0 Å². The highest BCUT2D eigenvalue weighted by Gasteiger charge is 2.54. The van der Waals surface area contributed by atoms with Crippen LogP contribution >= 0.6 is 0 Å². The summed E-state index contributed by atoms with van der Waals surface area (Å²) in [6.45, 7) is 4.92. The van der Waals surface area contributed by atoms with E-state index in [0.717, 1.165) is 19.4 Å². The van der Waals surface area contributed by atoms with Crippen molar-refractivity contribution in [1.82, 2.24) is 5.32 Å². The van der Waals surface area contributed by atoms with Crippen LogP contribution in [-0.2, 0) is 24.7 Å². The number of carbonyl (C=O) groups is 1. The molecule has 1 saturated heterocycles. The van der Waals surface area contributed by atoms with Gasteiger partial charge in [-0.25, -0.2) is 8.42 Å². The summed E-state index contributed by atoms with van der Waals surface area (Å²) in [7, 11) is -4.21. The van der Waals surface area contributed by atoms with Crippen molar-refractivity contribution in [3.05, 3.63) is 0 Å². The maximum atomic E-state index is 12.2. The SMILES string of the molecule is CCCC[N+](C)(C)CCC(=O)NC1(C)CS(=O)(=O)CC1S(=O)(=O)O. The molecule has 2 unspecified atom stereocenters. The molecule has 8 nitrogen and oxygen atoms in total. The van der Waals surface area contributed by atoms with Gasteiger partial charge in [-0.15, -0.1) is 0 Å². The van der Waals surface area contributed by atoms with E-state index in [2.05, 4.69) is 12.2 Å². The molecular weight excluding hydrogens is 356 g/mol. The zero-order valence-electron chi connectivity index (χ0n) is 14.8. The van der Waals surface area contributed by atoms with Gasteiger partial charge in [0.15, 0.2) is 9.84 Å². The minimum atomic E-state index is -4.58. The van der Waals surface area contributed by atoms with Crippen LogP contribution in [0.1, 0.15) is 33.1 Å². The number of rotatable bonds is 8. The number of hydrogen-bond donors (Lipinski definition) is 2. The van der Waals surface area contributed by atoms with Gasteiger partial charge in [0, 0.05) is 0 Å². The Bertz CT molecular complexity index is 671. The minimum Gasteiger partial charge on any atom is -0.348 e. The Labute approximate surface area is 144 Å². The summed E-state index contributed by atoms with van der Waals surface area (Å²) in [6.07, 6.45) is 2.25. The highest BCUT2D eigenvalue weighted by molar-refractivity contribution is 7.94. The van der Waals surface area contributed by atoms with E-state index in [4.69, 9.17) is 0 Å². The first-order valence-electron chi connectivity index (χ1n) is 8.00. The fraction of sp³-hybridized carbons (Fsp3) is 0.929. The third-order valence-electron chi connectivity index (χ3n) is 4.48. The molecule has 24 heavy (non-hydrogen) atoms. The monoisotopic (exact) mass is 385 g/mol.